The first-order chi connectivity index (χ1) is 10.2. The van der Waals surface area contributed by atoms with E-state index in [0.717, 1.165) is 16.8 Å². The molecule has 0 aromatic heterocycles. The SMILES string of the molecule is CCOc1cc(F)ccc1NCc1cccc(COC)c1. The van der Waals surface area contributed by atoms with Crippen molar-refractivity contribution in [3.8, 4) is 5.75 Å². The molecule has 2 aromatic rings. The number of halogens is 1. The molecule has 2 aromatic carbocycles. The third-order valence-electron chi connectivity index (χ3n) is 3.03. The lowest BCUT2D eigenvalue weighted by Crippen LogP contribution is -2.03. The smallest absolute Gasteiger partial charge is 0.145 e. The van der Waals surface area contributed by atoms with Crippen LogP contribution < -0.4 is 10.1 Å². The molecule has 21 heavy (non-hydrogen) atoms. The normalized spacial score (nSPS) is 10.4. The maximum atomic E-state index is 13.2. The molecule has 0 amide bonds. The van der Waals surface area contributed by atoms with E-state index in [0.29, 0.717) is 25.5 Å². The maximum Gasteiger partial charge on any atom is 0.145 e. The molecule has 3 nitrogen and oxygen atoms in total. The number of anilines is 1. The monoisotopic (exact) mass is 289 g/mol. The highest BCUT2D eigenvalue weighted by Crippen LogP contribution is 2.26. The van der Waals surface area contributed by atoms with Gasteiger partial charge in [-0.15, -0.1) is 0 Å². The van der Waals surface area contributed by atoms with E-state index >= 15 is 0 Å². The molecule has 0 radical (unpaired) electrons. The zero-order chi connectivity index (χ0) is 15.1. The Kier molecular flexibility index (Phi) is 5.58. The van der Waals surface area contributed by atoms with Crippen LogP contribution in [0.4, 0.5) is 10.1 Å². The summed E-state index contributed by atoms with van der Waals surface area (Å²) in [4.78, 5) is 0. The van der Waals surface area contributed by atoms with E-state index in [1.807, 2.05) is 25.1 Å². The number of hydrogen-bond donors (Lipinski definition) is 1. The summed E-state index contributed by atoms with van der Waals surface area (Å²) >= 11 is 0. The van der Waals surface area contributed by atoms with E-state index in [2.05, 4.69) is 11.4 Å². The largest absolute Gasteiger partial charge is 0.492 e. The molecule has 0 bridgehead atoms. The predicted octanol–water partition coefficient (Wildman–Crippen LogP) is 3.98. The van der Waals surface area contributed by atoms with Crippen molar-refractivity contribution in [2.24, 2.45) is 0 Å². The lowest BCUT2D eigenvalue weighted by Gasteiger charge is -2.13. The van der Waals surface area contributed by atoms with Crippen molar-refractivity contribution in [1.29, 1.82) is 0 Å². The zero-order valence-corrected chi connectivity index (χ0v) is 12.4. The van der Waals surface area contributed by atoms with Crippen LogP contribution in [-0.4, -0.2) is 13.7 Å². The van der Waals surface area contributed by atoms with Gasteiger partial charge in [0.05, 0.1) is 18.9 Å². The topological polar surface area (TPSA) is 30.5 Å². The predicted molar refractivity (Wildman–Crippen MR) is 82.1 cm³/mol. The van der Waals surface area contributed by atoms with Crippen LogP contribution in [0.1, 0.15) is 18.1 Å². The molecule has 0 aliphatic heterocycles. The fraction of sp³-hybridized carbons (Fsp3) is 0.294. The Balaban J connectivity index is 2.07. The third kappa shape index (κ3) is 4.46. The number of ether oxygens (including phenoxy) is 2. The van der Waals surface area contributed by atoms with Crippen LogP contribution in [0.15, 0.2) is 42.5 Å². The molecule has 0 aliphatic rings. The van der Waals surface area contributed by atoms with E-state index in [1.54, 1.807) is 13.2 Å². The number of rotatable bonds is 7. The van der Waals surface area contributed by atoms with E-state index in [1.165, 1.54) is 12.1 Å². The number of benzene rings is 2. The standard InChI is InChI=1S/C17H20FNO2/c1-3-21-17-10-15(18)7-8-16(17)19-11-13-5-4-6-14(9-13)12-20-2/h4-10,19H,3,11-12H2,1-2H3. The van der Waals surface area contributed by atoms with Crippen LogP contribution in [0.2, 0.25) is 0 Å². The van der Waals surface area contributed by atoms with Crippen LogP contribution in [0.25, 0.3) is 0 Å². The van der Waals surface area contributed by atoms with Crippen LogP contribution in [0.3, 0.4) is 0 Å². The zero-order valence-electron chi connectivity index (χ0n) is 12.4. The van der Waals surface area contributed by atoms with Gasteiger partial charge in [0.15, 0.2) is 0 Å². The van der Waals surface area contributed by atoms with Crippen molar-refractivity contribution in [2.75, 3.05) is 19.0 Å². The summed E-state index contributed by atoms with van der Waals surface area (Å²) in [7, 11) is 1.68. The minimum absolute atomic E-state index is 0.300. The molecule has 0 fully saturated rings. The van der Waals surface area contributed by atoms with Crippen molar-refractivity contribution in [3.63, 3.8) is 0 Å². The average Bonchev–Trinajstić information content (AvgIpc) is 2.48. The molecule has 0 aliphatic carbocycles. The van der Waals surface area contributed by atoms with E-state index in [9.17, 15) is 4.39 Å². The molecular formula is C17H20FNO2. The average molecular weight is 289 g/mol. The van der Waals surface area contributed by atoms with E-state index < -0.39 is 0 Å². The molecule has 0 saturated carbocycles. The van der Waals surface area contributed by atoms with Crippen molar-refractivity contribution in [3.05, 3.63) is 59.4 Å². The molecule has 1 N–H and O–H groups in total. The highest BCUT2D eigenvalue weighted by atomic mass is 19.1. The van der Waals surface area contributed by atoms with E-state index in [4.69, 9.17) is 9.47 Å². The molecule has 0 heterocycles. The van der Waals surface area contributed by atoms with Crippen molar-refractivity contribution in [1.82, 2.24) is 0 Å². The molecule has 0 atom stereocenters. The molecule has 0 saturated heterocycles. The highest BCUT2D eigenvalue weighted by molar-refractivity contribution is 5.56. The first kappa shape index (κ1) is 15.3. The van der Waals surface area contributed by atoms with Crippen molar-refractivity contribution in [2.45, 2.75) is 20.1 Å². The fourth-order valence-corrected chi connectivity index (χ4v) is 2.11. The molecule has 2 rings (SSSR count). The molecule has 0 unspecified atom stereocenters. The maximum absolute atomic E-state index is 13.2. The van der Waals surface area contributed by atoms with Gasteiger partial charge in [0.25, 0.3) is 0 Å². The second-order valence-corrected chi connectivity index (χ2v) is 4.68. The minimum Gasteiger partial charge on any atom is -0.492 e. The number of nitrogens with one attached hydrogen (secondary N) is 1. The Bertz CT molecular complexity index is 587. The summed E-state index contributed by atoms with van der Waals surface area (Å²) in [5.74, 6) is 0.233. The van der Waals surface area contributed by atoms with Crippen LogP contribution in [0.5, 0.6) is 5.75 Å². The minimum atomic E-state index is -0.300. The summed E-state index contributed by atoms with van der Waals surface area (Å²) < 4.78 is 23.8. The van der Waals surface area contributed by atoms with E-state index in [-0.39, 0.29) is 5.82 Å². The second kappa shape index (κ2) is 7.64. The number of hydrogen-bond acceptors (Lipinski definition) is 3. The lowest BCUT2D eigenvalue weighted by molar-refractivity contribution is 0.185. The van der Waals surface area contributed by atoms with Crippen LogP contribution in [-0.2, 0) is 17.9 Å². The van der Waals surface area contributed by atoms with Gasteiger partial charge in [-0.25, -0.2) is 4.39 Å². The highest BCUT2D eigenvalue weighted by Gasteiger charge is 2.05. The number of methoxy groups -OCH3 is 1. The first-order valence-corrected chi connectivity index (χ1v) is 6.96. The quantitative estimate of drug-likeness (QED) is 0.836. The van der Waals surface area contributed by atoms with Gasteiger partial charge < -0.3 is 14.8 Å². The van der Waals surface area contributed by atoms with Gasteiger partial charge in [0.2, 0.25) is 0 Å². The van der Waals surface area contributed by atoms with Gasteiger partial charge in [0.1, 0.15) is 11.6 Å². The Labute approximate surface area is 124 Å². The lowest BCUT2D eigenvalue weighted by atomic mass is 10.1. The summed E-state index contributed by atoms with van der Waals surface area (Å²) in [5.41, 5.74) is 3.05. The van der Waals surface area contributed by atoms with Crippen molar-refractivity contribution < 1.29 is 13.9 Å². The Morgan fingerprint density at radius 3 is 2.67 bits per heavy atom. The van der Waals surface area contributed by atoms with Crippen molar-refractivity contribution >= 4 is 5.69 Å². The van der Waals surface area contributed by atoms with Gasteiger partial charge in [0, 0.05) is 19.7 Å². The van der Waals surface area contributed by atoms with Gasteiger partial charge in [-0.05, 0) is 30.2 Å². The molecule has 112 valence electrons. The Hall–Kier alpha value is -2.07. The first-order valence-electron chi connectivity index (χ1n) is 6.96. The van der Waals surface area contributed by atoms with Gasteiger partial charge in [-0.2, -0.15) is 0 Å². The fourth-order valence-electron chi connectivity index (χ4n) is 2.11. The third-order valence-corrected chi connectivity index (χ3v) is 3.03. The molecular weight excluding hydrogens is 269 g/mol. The molecule has 4 heteroatoms. The Morgan fingerprint density at radius 2 is 1.90 bits per heavy atom. The summed E-state index contributed by atoms with van der Waals surface area (Å²) in [6, 6.07) is 12.7. The summed E-state index contributed by atoms with van der Waals surface area (Å²) in [6.45, 7) is 3.61. The van der Waals surface area contributed by atoms with Crippen LogP contribution >= 0.6 is 0 Å². The van der Waals surface area contributed by atoms with Gasteiger partial charge >= 0.3 is 0 Å². The Morgan fingerprint density at radius 1 is 1.10 bits per heavy atom. The van der Waals surface area contributed by atoms with Crippen LogP contribution in [0, 0.1) is 5.82 Å². The summed E-state index contributed by atoms with van der Waals surface area (Å²) in [6.07, 6.45) is 0. The summed E-state index contributed by atoms with van der Waals surface area (Å²) in [5, 5.41) is 3.28. The van der Waals surface area contributed by atoms with Gasteiger partial charge in [-0.3, -0.25) is 0 Å². The van der Waals surface area contributed by atoms with Gasteiger partial charge in [-0.1, -0.05) is 24.3 Å². The molecule has 0 spiro atoms. The second-order valence-electron chi connectivity index (χ2n) is 4.68.